The van der Waals surface area contributed by atoms with Crippen LogP contribution in [-0.2, 0) is 4.74 Å². The first-order valence-electron chi connectivity index (χ1n) is 11.4. The van der Waals surface area contributed by atoms with E-state index < -0.39 is 5.72 Å². The summed E-state index contributed by atoms with van der Waals surface area (Å²) in [6.07, 6.45) is 2.96. The van der Waals surface area contributed by atoms with Crippen LogP contribution in [0.1, 0.15) is 69.3 Å². The summed E-state index contributed by atoms with van der Waals surface area (Å²) in [6.45, 7) is 11.4. The van der Waals surface area contributed by atoms with Gasteiger partial charge < -0.3 is 14.6 Å². The molecule has 3 unspecified atom stereocenters. The minimum absolute atomic E-state index is 0.152. The van der Waals surface area contributed by atoms with Crippen molar-refractivity contribution < 1.29 is 14.6 Å². The van der Waals surface area contributed by atoms with Gasteiger partial charge in [0.15, 0.2) is 0 Å². The van der Waals surface area contributed by atoms with Crippen LogP contribution in [0, 0.1) is 12.8 Å². The SMILES string of the molecule is CCC1COC(C)(CCC(C)C)N1C(c1ccc(OC)cc1)c1sc2nc(C)nn2c1O. The van der Waals surface area contributed by atoms with Crippen LogP contribution in [-0.4, -0.2) is 50.1 Å². The smallest absolute Gasteiger partial charge is 0.230 e. The topological polar surface area (TPSA) is 72.1 Å². The predicted molar refractivity (Wildman–Crippen MR) is 126 cm³/mol. The number of benzene rings is 1. The molecule has 1 N–H and O–H groups in total. The molecule has 3 aromatic rings. The Morgan fingerprint density at radius 1 is 1.31 bits per heavy atom. The molecule has 1 aromatic carbocycles. The Kier molecular flexibility index (Phi) is 6.47. The van der Waals surface area contributed by atoms with E-state index >= 15 is 0 Å². The van der Waals surface area contributed by atoms with Gasteiger partial charge in [-0.25, -0.2) is 4.98 Å². The number of hydrogen-bond donors (Lipinski definition) is 1. The molecule has 0 spiro atoms. The second-order valence-corrected chi connectivity index (χ2v) is 10.2. The monoisotopic (exact) mass is 458 g/mol. The summed E-state index contributed by atoms with van der Waals surface area (Å²) in [7, 11) is 1.67. The fourth-order valence-corrected chi connectivity index (χ4v) is 5.75. The van der Waals surface area contributed by atoms with Gasteiger partial charge >= 0.3 is 0 Å². The molecule has 4 rings (SSSR count). The van der Waals surface area contributed by atoms with E-state index in [2.05, 4.69) is 54.8 Å². The largest absolute Gasteiger partial charge is 0.497 e. The molecule has 0 bridgehead atoms. The lowest BCUT2D eigenvalue weighted by Gasteiger charge is -2.42. The van der Waals surface area contributed by atoms with E-state index in [4.69, 9.17) is 9.47 Å². The third kappa shape index (κ3) is 4.11. The maximum absolute atomic E-state index is 11.2. The van der Waals surface area contributed by atoms with Gasteiger partial charge in [0, 0.05) is 6.04 Å². The lowest BCUT2D eigenvalue weighted by Crippen LogP contribution is -2.48. The Hall–Kier alpha value is -2.16. The summed E-state index contributed by atoms with van der Waals surface area (Å²) in [5, 5.41) is 15.6. The number of aryl methyl sites for hydroxylation is 1. The van der Waals surface area contributed by atoms with Crippen molar-refractivity contribution in [2.75, 3.05) is 13.7 Å². The van der Waals surface area contributed by atoms with Crippen LogP contribution in [0.25, 0.3) is 4.96 Å². The highest BCUT2D eigenvalue weighted by Crippen LogP contribution is 2.48. The summed E-state index contributed by atoms with van der Waals surface area (Å²) < 4.78 is 13.4. The maximum Gasteiger partial charge on any atom is 0.230 e. The molecule has 2 aromatic heterocycles. The summed E-state index contributed by atoms with van der Waals surface area (Å²) in [5.74, 6) is 2.20. The molecule has 32 heavy (non-hydrogen) atoms. The number of hydrogen-bond acceptors (Lipinski definition) is 7. The van der Waals surface area contributed by atoms with Crippen LogP contribution >= 0.6 is 11.3 Å². The number of aromatic hydroxyl groups is 1. The van der Waals surface area contributed by atoms with Gasteiger partial charge in [-0.2, -0.15) is 4.52 Å². The molecule has 1 fully saturated rings. The summed E-state index contributed by atoms with van der Waals surface area (Å²) in [6, 6.07) is 8.17. The first-order chi connectivity index (χ1) is 15.3. The van der Waals surface area contributed by atoms with Gasteiger partial charge in [-0.1, -0.05) is 44.2 Å². The number of fused-ring (bicyclic) bond motifs is 1. The second-order valence-electron chi connectivity index (χ2n) is 9.21. The summed E-state index contributed by atoms with van der Waals surface area (Å²) >= 11 is 1.49. The molecular weight excluding hydrogens is 424 g/mol. The highest BCUT2D eigenvalue weighted by Gasteiger charge is 2.48. The zero-order valence-electron chi connectivity index (χ0n) is 19.8. The first-order valence-corrected chi connectivity index (χ1v) is 12.2. The molecule has 174 valence electrons. The molecule has 1 aliphatic rings. The second kappa shape index (κ2) is 9.00. The number of thiazole rings is 1. The van der Waals surface area contributed by atoms with Crippen molar-refractivity contribution in [3.63, 3.8) is 0 Å². The molecule has 8 heteroatoms. The van der Waals surface area contributed by atoms with E-state index in [9.17, 15) is 5.11 Å². The molecule has 0 amide bonds. The normalized spacial score (nSPS) is 22.8. The van der Waals surface area contributed by atoms with Crippen molar-refractivity contribution in [3.8, 4) is 11.6 Å². The molecule has 0 radical (unpaired) electrons. The van der Waals surface area contributed by atoms with Crippen LogP contribution in [0.15, 0.2) is 24.3 Å². The number of methoxy groups -OCH3 is 1. The molecule has 1 saturated heterocycles. The Bertz CT molecular complexity index is 1060. The Morgan fingerprint density at radius 3 is 2.62 bits per heavy atom. The molecule has 7 nitrogen and oxygen atoms in total. The fourth-order valence-electron chi connectivity index (χ4n) is 4.62. The van der Waals surface area contributed by atoms with Gasteiger partial charge in [-0.3, -0.25) is 4.90 Å². The van der Waals surface area contributed by atoms with Gasteiger partial charge in [0.2, 0.25) is 10.8 Å². The Balaban J connectivity index is 1.86. The molecular formula is C24H34N4O3S. The van der Waals surface area contributed by atoms with Crippen LogP contribution in [0.2, 0.25) is 0 Å². The quantitative estimate of drug-likeness (QED) is 0.502. The van der Waals surface area contributed by atoms with E-state index in [1.165, 1.54) is 11.3 Å². The number of nitrogens with zero attached hydrogens (tertiary/aromatic N) is 4. The van der Waals surface area contributed by atoms with Gasteiger partial charge in [-0.05, 0) is 56.7 Å². The summed E-state index contributed by atoms with van der Waals surface area (Å²) in [5.41, 5.74) is 0.652. The van der Waals surface area contributed by atoms with Crippen LogP contribution in [0.3, 0.4) is 0 Å². The van der Waals surface area contributed by atoms with Crippen molar-refractivity contribution in [1.82, 2.24) is 19.5 Å². The van der Waals surface area contributed by atoms with Crippen molar-refractivity contribution in [2.45, 2.75) is 71.7 Å². The standard InChI is InChI=1S/C24H34N4O3S/c1-7-18-14-31-24(5,13-12-15(2)3)27(18)20(17-8-10-19(30-6)11-9-17)21-22(29)28-23(32-21)25-16(4)26-28/h8-11,15,18,20,29H,7,12-14H2,1-6H3. The zero-order chi connectivity index (χ0) is 23.0. The third-order valence-electron chi connectivity index (χ3n) is 6.45. The average Bonchev–Trinajstić information content (AvgIpc) is 3.40. The third-order valence-corrected chi connectivity index (χ3v) is 7.52. The van der Waals surface area contributed by atoms with E-state index in [0.29, 0.717) is 23.3 Å². The van der Waals surface area contributed by atoms with E-state index in [0.717, 1.165) is 35.5 Å². The Morgan fingerprint density at radius 2 is 2.03 bits per heavy atom. The highest BCUT2D eigenvalue weighted by atomic mass is 32.1. The van der Waals surface area contributed by atoms with E-state index in [1.807, 2.05) is 19.1 Å². The van der Waals surface area contributed by atoms with Crippen molar-refractivity contribution >= 4 is 16.3 Å². The van der Waals surface area contributed by atoms with Crippen LogP contribution in [0.4, 0.5) is 0 Å². The fraction of sp³-hybridized carbons (Fsp3) is 0.583. The molecule has 0 aliphatic carbocycles. The zero-order valence-corrected chi connectivity index (χ0v) is 20.6. The minimum atomic E-state index is -0.433. The number of ether oxygens (including phenoxy) is 2. The number of aromatic nitrogens is 3. The van der Waals surface area contributed by atoms with Gasteiger partial charge in [0.1, 0.15) is 17.3 Å². The highest BCUT2D eigenvalue weighted by molar-refractivity contribution is 7.17. The lowest BCUT2D eigenvalue weighted by molar-refractivity contribution is -0.0915. The van der Waals surface area contributed by atoms with Crippen molar-refractivity contribution in [1.29, 1.82) is 0 Å². The van der Waals surface area contributed by atoms with Crippen molar-refractivity contribution in [3.05, 3.63) is 40.5 Å². The lowest BCUT2D eigenvalue weighted by atomic mass is 9.94. The van der Waals surface area contributed by atoms with Crippen LogP contribution in [0.5, 0.6) is 11.6 Å². The van der Waals surface area contributed by atoms with Crippen molar-refractivity contribution in [2.24, 2.45) is 5.92 Å². The maximum atomic E-state index is 11.2. The van der Waals surface area contributed by atoms with Crippen LogP contribution < -0.4 is 4.74 Å². The Labute approximate surface area is 194 Å². The summed E-state index contributed by atoms with van der Waals surface area (Å²) in [4.78, 5) is 8.51. The van der Waals surface area contributed by atoms with E-state index in [-0.39, 0.29) is 18.0 Å². The molecule has 0 saturated carbocycles. The predicted octanol–water partition coefficient (Wildman–Crippen LogP) is 5.17. The molecule has 3 atom stereocenters. The molecule has 3 heterocycles. The van der Waals surface area contributed by atoms with Gasteiger partial charge in [-0.15, -0.1) is 5.10 Å². The molecule has 1 aliphatic heterocycles. The minimum Gasteiger partial charge on any atom is -0.497 e. The van der Waals surface area contributed by atoms with Gasteiger partial charge in [0.05, 0.1) is 24.6 Å². The first kappa shape index (κ1) is 23.0. The van der Waals surface area contributed by atoms with Gasteiger partial charge in [0.25, 0.3) is 0 Å². The average molecular weight is 459 g/mol. The van der Waals surface area contributed by atoms with E-state index in [1.54, 1.807) is 11.6 Å². The number of rotatable bonds is 8.